The van der Waals surface area contributed by atoms with Crippen molar-refractivity contribution < 1.29 is 9.90 Å². The normalized spacial score (nSPS) is 36.1. The molecule has 0 amide bonds. The maximum atomic E-state index is 11.4. The third-order valence-corrected chi connectivity index (χ3v) is 7.75. The third kappa shape index (κ3) is 2.87. The van der Waals surface area contributed by atoms with E-state index in [1.807, 2.05) is 11.8 Å². The highest BCUT2D eigenvalue weighted by Crippen LogP contribution is 2.52. The molecule has 4 rings (SSSR count). The second-order valence-electron chi connectivity index (χ2n) is 7.64. The number of thioether (sulfide) groups is 1. The fourth-order valence-corrected chi connectivity index (χ4v) is 6.54. The average Bonchev–Trinajstić information content (AvgIpc) is 2.96. The summed E-state index contributed by atoms with van der Waals surface area (Å²) in [6.07, 6.45) is 3.72. The van der Waals surface area contributed by atoms with Crippen LogP contribution in [-0.2, 0) is 11.3 Å². The van der Waals surface area contributed by atoms with Crippen molar-refractivity contribution in [3.8, 4) is 0 Å². The van der Waals surface area contributed by atoms with Crippen LogP contribution in [0.15, 0.2) is 24.3 Å². The molecule has 1 aliphatic carbocycles. The Labute approximate surface area is 148 Å². The quantitative estimate of drug-likeness (QED) is 0.881. The first-order valence-electron chi connectivity index (χ1n) is 8.99. The number of hydrogen-bond acceptors (Lipinski definition) is 4. The van der Waals surface area contributed by atoms with E-state index in [0.29, 0.717) is 17.6 Å². The second-order valence-corrected chi connectivity index (χ2v) is 8.94. The Morgan fingerprint density at radius 3 is 2.54 bits per heavy atom. The second kappa shape index (κ2) is 6.36. The van der Waals surface area contributed by atoms with E-state index in [0.717, 1.165) is 19.6 Å². The summed E-state index contributed by atoms with van der Waals surface area (Å²) in [6.45, 7) is 5.30. The van der Waals surface area contributed by atoms with E-state index in [1.165, 1.54) is 30.4 Å². The van der Waals surface area contributed by atoms with Gasteiger partial charge in [0.05, 0.1) is 4.87 Å². The number of carboxylic acids is 1. The first-order chi connectivity index (χ1) is 11.6. The van der Waals surface area contributed by atoms with Crippen LogP contribution in [0.2, 0.25) is 0 Å². The molecule has 2 saturated heterocycles. The molecule has 3 aliphatic rings. The fraction of sp³-hybridized carbons (Fsp3) is 0.632. The number of rotatable bonds is 3. The molecule has 130 valence electrons. The number of carbonyl (C=O) groups is 1. The molecule has 3 atom stereocenters. The SMILES string of the molecule is Cc1ccc(CN2CC3CCCC(C2)C32NC(C(=O)O)CS2)cc1. The predicted molar refractivity (Wildman–Crippen MR) is 97.0 cm³/mol. The molecule has 5 heteroatoms. The molecule has 4 nitrogen and oxygen atoms in total. The lowest BCUT2D eigenvalue weighted by Crippen LogP contribution is -2.64. The van der Waals surface area contributed by atoms with Crippen LogP contribution in [0.1, 0.15) is 30.4 Å². The van der Waals surface area contributed by atoms with Gasteiger partial charge >= 0.3 is 5.97 Å². The lowest BCUT2D eigenvalue weighted by atomic mass is 9.72. The van der Waals surface area contributed by atoms with Crippen LogP contribution in [0.3, 0.4) is 0 Å². The summed E-state index contributed by atoms with van der Waals surface area (Å²) in [6, 6.07) is 8.47. The molecule has 1 spiro atoms. The van der Waals surface area contributed by atoms with Gasteiger partial charge in [-0.15, -0.1) is 11.8 Å². The molecule has 3 fully saturated rings. The maximum Gasteiger partial charge on any atom is 0.321 e. The minimum atomic E-state index is -0.695. The molecule has 3 unspecified atom stereocenters. The summed E-state index contributed by atoms with van der Waals surface area (Å²) in [7, 11) is 0. The molecule has 2 bridgehead atoms. The van der Waals surface area contributed by atoms with Crippen molar-refractivity contribution in [3.63, 3.8) is 0 Å². The van der Waals surface area contributed by atoms with Crippen molar-refractivity contribution >= 4 is 17.7 Å². The van der Waals surface area contributed by atoms with Crippen LogP contribution in [0, 0.1) is 18.8 Å². The van der Waals surface area contributed by atoms with E-state index in [9.17, 15) is 9.90 Å². The van der Waals surface area contributed by atoms with E-state index >= 15 is 0 Å². The monoisotopic (exact) mass is 346 g/mol. The number of carboxylic acid groups (broad SMARTS) is 1. The lowest BCUT2D eigenvalue weighted by Gasteiger charge is -2.54. The van der Waals surface area contributed by atoms with E-state index in [-0.39, 0.29) is 10.9 Å². The van der Waals surface area contributed by atoms with Crippen molar-refractivity contribution in [2.45, 2.75) is 43.6 Å². The van der Waals surface area contributed by atoms with Gasteiger partial charge in [0.25, 0.3) is 0 Å². The molecule has 2 heterocycles. The van der Waals surface area contributed by atoms with Crippen molar-refractivity contribution in [3.05, 3.63) is 35.4 Å². The van der Waals surface area contributed by atoms with Crippen LogP contribution in [0.25, 0.3) is 0 Å². The van der Waals surface area contributed by atoms with Gasteiger partial charge in [-0.1, -0.05) is 36.2 Å². The number of nitrogens with one attached hydrogen (secondary N) is 1. The summed E-state index contributed by atoms with van der Waals surface area (Å²) in [5.41, 5.74) is 2.68. The number of piperidine rings is 1. The molecule has 1 aromatic rings. The summed E-state index contributed by atoms with van der Waals surface area (Å²) in [4.78, 5) is 14.0. The number of aryl methyl sites for hydroxylation is 1. The van der Waals surface area contributed by atoms with Crippen LogP contribution in [0.4, 0.5) is 0 Å². The average molecular weight is 346 g/mol. The van der Waals surface area contributed by atoms with Gasteiger partial charge in [0.1, 0.15) is 6.04 Å². The Kier molecular flexibility index (Phi) is 4.35. The summed E-state index contributed by atoms with van der Waals surface area (Å²) < 4.78 is 0. The molecular formula is C19H26N2O2S. The van der Waals surface area contributed by atoms with Gasteiger partial charge in [0, 0.05) is 25.4 Å². The zero-order valence-corrected chi connectivity index (χ0v) is 15.0. The fourth-order valence-electron chi connectivity index (χ4n) is 4.79. The number of nitrogens with zero attached hydrogens (tertiary/aromatic N) is 1. The van der Waals surface area contributed by atoms with Gasteiger partial charge < -0.3 is 5.11 Å². The molecule has 0 aromatic heterocycles. The first kappa shape index (κ1) is 16.4. The van der Waals surface area contributed by atoms with Gasteiger partial charge in [0.15, 0.2) is 0 Å². The highest BCUT2D eigenvalue weighted by Gasteiger charge is 2.56. The van der Waals surface area contributed by atoms with Crippen molar-refractivity contribution in [2.24, 2.45) is 11.8 Å². The predicted octanol–water partition coefficient (Wildman–Crippen LogP) is 2.71. The molecule has 2 N–H and O–H groups in total. The van der Waals surface area contributed by atoms with Gasteiger partial charge in [-0.25, -0.2) is 0 Å². The van der Waals surface area contributed by atoms with Crippen LogP contribution in [0.5, 0.6) is 0 Å². The largest absolute Gasteiger partial charge is 0.480 e. The molecule has 2 aliphatic heterocycles. The number of hydrogen-bond donors (Lipinski definition) is 2. The lowest BCUT2D eigenvalue weighted by molar-refractivity contribution is -0.139. The Morgan fingerprint density at radius 1 is 1.29 bits per heavy atom. The van der Waals surface area contributed by atoms with Crippen molar-refractivity contribution in [1.29, 1.82) is 0 Å². The highest BCUT2D eigenvalue weighted by molar-refractivity contribution is 8.01. The van der Waals surface area contributed by atoms with Crippen molar-refractivity contribution in [1.82, 2.24) is 10.2 Å². The Balaban J connectivity index is 1.49. The zero-order chi connectivity index (χ0) is 16.7. The Bertz CT molecular complexity index is 604. The number of aliphatic carboxylic acids is 1. The van der Waals surface area contributed by atoms with Gasteiger partial charge in [-0.05, 0) is 37.2 Å². The van der Waals surface area contributed by atoms with E-state index < -0.39 is 5.97 Å². The molecule has 1 saturated carbocycles. The number of benzene rings is 1. The van der Waals surface area contributed by atoms with E-state index in [2.05, 4.69) is 41.4 Å². The van der Waals surface area contributed by atoms with Gasteiger partial charge in [-0.3, -0.25) is 15.0 Å². The van der Waals surface area contributed by atoms with E-state index in [1.54, 1.807) is 0 Å². The summed E-state index contributed by atoms with van der Waals surface area (Å²) >= 11 is 1.89. The molecule has 1 aromatic carbocycles. The molecule has 24 heavy (non-hydrogen) atoms. The van der Waals surface area contributed by atoms with Gasteiger partial charge in [0.2, 0.25) is 0 Å². The molecular weight excluding hydrogens is 320 g/mol. The topological polar surface area (TPSA) is 52.6 Å². The first-order valence-corrected chi connectivity index (χ1v) is 9.98. The minimum absolute atomic E-state index is 0.00504. The Morgan fingerprint density at radius 2 is 1.96 bits per heavy atom. The standard InChI is InChI=1S/C19H26N2O2S/c1-13-5-7-14(8-6-13)9-21-10-15-3-2-4-16(11-21)19(15)20-17(12-24-19)18(22)23/h5-8,15-17,20H,2-4,9-12H2,1H3,(H,22,23). The van der Waals surface area contributed by atoms with Gasteiger partial charge in [-0.2, -0.15) is 0 Å². The third-order valence-electron chi connectivity index (χ3n) is 5.99. The minimum Gasteiger partial charge on any atom is -0.480 e. The summed E-state index contributed by atoms with van der Waals surface area (Å²) in [5.74, 6) is 1.13. The number of likely N-dealkylation sites (tertiary alicyclic amines) is 1. The maximum absolute atomic E-state index is 11.4. The zero-order valence-electron chi connectivity index (χ0n) is 14.2. The van der Waals surface area contributed by atoms with Crippen molar-refractivity contribution in [2.75, 3.05) is 18.8 Å². The summed E-state index contributed by atoms with van der Waals surface area (Å²) in [5, 5.41) is 12.9. The van der Waals surface area contributed by atoms with Crippen LogP contribution >= 0.6 is 11.8 Å². The highest BCUT2D eigenvalue weighted by atomic mass is 32.2. The van der Waals surface area contributed by atoms with Crippen LogP contribution in [-0.4, -0.2) is 45.7 Å². The smallest absolute Gasteiger partial charge is 0.321 e. The van der Waals surface area contributed by atoms with Crippen LogP contribution < -0.4 is 5.32 Å². The Hall–Kier alpha value is -1.04. The molecule has 0 radical (unpaired) electrons. The van der Waals surface area contributed by atoms with E-state index in [4.69, 9.17) is 0 Å².